The first-order valence-corrected chi connectivity index (χ1v) is 4.13. The number of benzene rings is 1. The number of phenolic OH excluding ortho intramolecular Hbond substituents is 1. The Kier molecular flexibility index (Phi) is 2.71. The van der Waals surface area contributed by atoms with E-state index in [4.69, 9.17) is 5.73 Å². The number of phenols is 1. The Morgan fingerprint density at radius 2 is 2.17 bits per heavy atom. The second-order valence-corrected chi connectivity index (χ2v) is 3.31. The molecular weight excluding hydrogens is 150 g/mol. The molecule has 0 aromatic heterocycles. The Morgan fingerprint density at radius 3 is 2.67 bits per heavy atom. The average molecular weight is 165 g/mol. The van der Waals surface area contributed by atoms with Crippen LogP contribution in [0.1, 0.15) is 18.1 Å². The molecule has 1 aromatic carbocycles. The van der Waals surface area contributed by atoms with Crippen LogP contribution in [-0.2, 0) is 6.42 Å². The van der Waals surface area contributed by atoms with Gasteiger partial charge in [0.05, 0.1) is 0 Å². The molecule has 2 nitrogen and oxygen atoms in total. The van der Waals surface area contributed by atoms with Gasteiger partial charge in [-0.1, -0.05) is 12.1 Å². The van der Waals surface area contributed by atoms with Crippen molar-refractivity contribution in [3.63, 3.8) is 0 Å². The molecule has 0 heterocycles. The third kappa shape index (κ3) is 2.24. The van der Waals surface area contributed by atoms with Crippen LogP contribution in [0.25, 0.3) is 0 Å². The molecule has 0 amide bonds. The normalized spacial score (nSPS) is 12.9. The van der Waals surface area contributed by atoms with E-state index < -0.39 is 0 Å². The summed E-state index contributed by atoms with van der Waals surface area (Å²) in [7, 11) is 0. The lowest BCUT2D eigenvalue weighted by Crippen LogP contribution is -2.17. The number of rotatable bonds is 2. The maximum atomic E-state index is 9.48. The van der Waals surface area contributed by atoms with E-state index in [0.29, 0.717) is 5.75 Å². The van der Waals surface area contributed by atoms with E-state index >= 15 is 0 Å². The number of hydrogen-bond acceptors (Lipinski definition) is 2. The Bertz CT molecular complexity index is 269. The Hall–Kier alpha value is -1.02. The second kappa shape index (κ2) is 3.59. The number of aromatic hydroxyl groups is 1. The maximum absolute atomic E-state index is 9.48. The molecule has 1 atom stereocenters. The minimum atomic E-state index is 0.0959. The lowest BCUT2D eigenvalue weighted by molar-refractivity contribution is 0.465. The van der Waals surface area contributed by atoms with Crippen LogP contribution in [0, 0.1) is 6.92 Å². The summed E-state index contributed by atoms with van der Waals surface area (Å²) >= 11 is 0. The van der Waals surface area contributed by atoms with Gasteiger partial charge in [-0.05, 0) is 37.5 Å². The van der Waals surface area contributed by atoms with Gasteiger partial charge in [-0.3, -0.25) is 0 Å². The zero-order valence-electron chi connectivity index (χ0n) is 7.54. The lowest BCUT2D eigenvalue weighted by atomic mass is 10.0. The first kappa shape index (κ1) is 9.07. The third-order valence-corrected chi connectivity index (χ3v) is 1.78. The first-order valence-electron chi connectivity index (χ1n) is 4.13. The summed E-state index contributed by atoms with van der Waals surface area (Å²) in [5, 5.41) is 9.48. The molecule has 1 aromatic rings. The van der Waals surface area contributed by atoms with E-state index in [1.54, 1.807) is 6.07 Å². The smallest absolute Gasteiger partial charge is 0.119 e. The highest BCUT2D eigenvalue weighted by atomic mass is 16.3. The summed E-state index contributed by atoms with van der Waals surface area (Å²) in [4.78, 5) is 0. The Morgan fingerprint density at radius 1 is 1.50 bits per heavy atom. The lowest BCUT2D eigenvalue weighted by Gasteiger charge is -2.07. The summed E-state index contributed by atoms with van der Waals surface area (Å²) in [6, 6.07) is 5.77. The summed E-state index contributed by atoms with van der Waals surface area (Å²) in [6.45, 7) is 3.88. The van der Waals surface area contributed by atoms with Gasteiger partial charge >= 0.3 is 0 Å². The Labute approximate surface area is 73.0 Å². The summed E-state index contributed by atoms with van der Waals surface area (Å²) in [5.41, 5.74) is 7.62. The number of hydrogen-bond donors (Lipinski definition) is 2. The highest BCUT2D eigenvalue weighted by molar-refractivity contribution is 5.36. The fraction of sp³-hybridized carbons (Fsp3) is 0.400. The van der Waals surface area contributed by atoms with Crippen LogP contribution in [0.2, 0.25) is 0 Å². The van der Waals surface area contributed by atoms with Gasteiger partial charge in [0.15, 0.2) is 0 Å². The van der Waals surface area contributed by atoms with E-state index in [1.165, 1.54) is 0 Å². The van der Waals surface area contributed by atoms with Crippen molar-refractivity contribution in [3.8, 4) is 5.75 Å². The molecule has 66 valence electrons. The van der Waals surface area contributed by atoms with Crippen LogP contribution in [0.15, 0.2) is 18.2 Å². The fourth-order valence-corrected chi connectivity index (χ4v) is 1.19. The largest absolute Gasteiger partial charge is 0.508 e. The fourth-order valence-electron chi connectivity index (χ4n) is 1.19. The van der Waals surface area contributed by atoms with E-state index in [2.05, 4.69) is 0 Å². The van der Waals surface area contributed by atoms with Gasteiger partial charge in [-0.15, -0.1) is 0 Å². The third-order valence-electron chi connectivity index (χ3n) is 1.78. The maximum Gasteiger partial charge on any atom is 0.119 e. The molecule has 0 unspecified atom stereocenters. The molecule has 12 heavy (non-hydrogen) atoms. The topological polar surface area (TPSA) is 46.2 Å². The molecule has 0 radical (unpaired) electrons. The van der Waals surface area contributed by atoms with Gasteiger partial charge in [-0.25, -0.2) is 0 Å². The summed E-state index contributed by atoms with van der Waals surface area (Å²) in [6.07, 6.45) is 0.728. The summed E-state index contributed by atoms with van der Waals surface area (Å²) in [5.74, 6) is 0.354. The molecule has 0 fully saturated rings. The van der Waals surface area contributed by atoms with Crippen molar-refractivity contribution in [2.24, 2.45) is 5.73 Å². The standard InChI is InChI=1S/C10H15NO/c1-7-3-4-9(6-8(2)11)10(12)5-7/h3-5,8,12H,6,11H2,1-2H3/t8-/m0/s1. The SMILES string of the molecule is Cc1ccc(C[C@H](C)N)c(O)c1. The van der Waals surface area contributed by atoms with Gasteiger partial charge < -0.3 is 10.8 Å². The molecule has 1 rings (SSSR count). The van der Waals surface area contributed by atoms with E-state index in [1.807, 2.05) is 26.0 Å². The quantitative estimate of drug-likeness (QED) is 0.699. The van der Waals surface area contributed by atoms with Gasteiger partial charge in [0.1, 0.15) is 5.75 Å². The van der Waals surface area contributed by atoms with Crippen molar-refractivity contribution in [2.45, 2.75) is 26.3 Å². The number of aryl methyl sites for hydroxylation is 1. The highest BCUT2D eigenvalue weighted by Gasteiger charge is 2.02. The van der Waals surface area contributed by atoms with Crippen molar-refractivity contribution in [3.05, 3.63) is 29.3 Å². The monoisotopic (exact) mass is 165 g/mol. The van der Waals surface area contributed by atoms with Gasteiger partial charge in [-0.2, -0.15) is 0 Å². The van der Waals surface area contributed by atoms with Crippen LogP contribution >= 0.6 is 0 Å². The molecule has 0 aliphatic heterocycles. The zero-order valence-corrected chi connectivity index (χ0v) is 7.54. The first-order chi connectivity index (χ1) is 5.59. The van der Waals surface area contributed by atoms with Crippen LogP contribution in [0.4, 0.5) is 0 Å². The minimum absolute atomic E-state index is 0.0959. The van der Waals surface area contributed by atoms with Crippen LogP contribution in [0.5, 0.6) is 5.75 Å². The molecular formula is C10H15NO. The second-order valence-electron chi connectivity index (χ2n) is 3.31. The molecule has 3 N–H and O–H groups in total. The summed E-state index contributed by atoms with van der Waals surface area (Å²) < 4.78 is 0. The van der Waals surface area contributed by atoms with Crippen LogP contribution in [-0.4, -0.2) is 11.1 Å². The molecule has 0 bridgehead atoms. The minimum Gasteiger partial charge on any atom is -0.508 e. The molecule has 0 aliphatic carbocycles. The predicted molar refractivity (Wildman–Crippen MR) is 50.2 cm³/mol. The predicted octanol–water partition coefficient (Wildman–Crippen LogP) is 1.59. The van der Waals surface area contributed by atoms with Crippen molar-refractivity contribution in [1.29, 1.82) is 0 Å². The van der Waals surface area contributed by atoms with E-state index in [9.17, 15) is 5.11 Å². The zero-order chi connectivity index (χ0) is 9.14. The van der Waals surface area contributed by atoms with Crippen molar-refractivity contribution in [1.82, 2.24) is 0 Å². The van der Waals surface area contributed by atoms with E-state index in [0.717, 1.165) is 17.5 Å². The molecule has 0 saturated carbocycles. The van der Waals surface area contributed by atoms with Crippen molar-refractivity contribution < 1.29 is 5.11 Å². The number of nitrogens with two attached hydrogens (primary N) is 1. The highest BCUT2D eigenvalue weighted by Crippen LogP contribution is 2.19. The van der Waals surface area contributed by atoms with Crippen molar-refractivity contribution >= 4 is 0 Å². The van der Waals surface area contributed by atoms with Crippen molar-refractivity contribution in [2.75, 3.05) is 0 Å². The molecule has 0 aliphatic rings. The van der Waals surface area contributed by atoms with Crippen LogP contribution in [0.3, 0.4) is 0 Å². The van der Waals surface area contributed by atoms with Gasteiger partial charge in [0, 0.05) is 6.04 Å². The average Bonchev–Trinajstić information content (AvgIpc) is 1.94. The molecule has 0 saturated heterocycles. The molecule has 0 spiro atoms. The van der Waals surface area contributed by atoms with Crippen LogP contribution < -0.4 is 5.73 Å². The Balaban J connectivity index is 2.86. The molecule has 2 heteroatoms. The van der Waals surface area contributed by atoms with E-state index in [-0.39, 0.29) is 6.04 Å². The van der Waals surface area contributed by atoms with Gasteiger partial charge in [0.2, 0.25) is 0 Å². The van der Waals surface area contributed by atoms with Gasteiger partial charge in [0.25, 0.3) is 0 Å².